The zero-order valence-electron chi connectivity index (χ0n) is 11.5. The third kappa shape index (κ3) is 5.65. The minimum Gasteiger partial charge on any atom is -0.481 e. The summed E-state index contributed by atoms with van der Waals surface area (Å²) in [5.74, 6) is -1.03. The van der Waals surface area contributed by atoms with Crippen LogP contribution in [0.1, 0.15) is 26.2 Å². The van der Waals surface area contributed by atoms with Crippen LogP contribution in [0.3, 0.4) is 0 Å². The summed E-state index contributed by atoms with van der Waals surface area (Å²) < 4.78 is 0. The lowest BCUT2D eigenvalue weighted by Crippen LogP contribution is -2.40. The van der Waals surface area contributed by atoms with Crippen LogP contribution in [0.2, 0.25) is 0 Å². The lowest BCUT2D eigenvalue weighted by Gasteiger charge is -2.30. The molecule has 0 amide bonds. The molecule has 104 valence electrons. The van der Waals surface area contributed by atoms with Crippen molar-refractivity contribution in [1.29, 1.82) is 0 Å². The summed E-state index contributed by atoms with van der Waals surface area (Å²) >= 11 is 0. The van der Waals surface area contributed by atoms with Crippen LogP contribution in [0.5, 0.6) is 0 Å². The lowest BCUT2D eigenvalue weighted by molar-refractivity contribution is -0.141. The molecule has 0 bridgehead atoms. The van der Waals surface area contributed by atoms with Gasteiger partial charge < -0.3 is 10.0 Å². The van der Waals surface area contributed by atoms with Crippen LogP contribution in [0, 0.1) is 5.92 Å². The number of hydrogen-bond donors (Lipinski definition) is 1. The summed E-state index contributed by atoms with van der Waals surface area (Å²) in [6, 6.07) is 0. The van der Waals surface area contributed by atoms with Crippen molar-refractivity contribution in [3.63, 3.8) is 0 Å². The van der Waals surface area contributed by atoms with Gasteiger partial charge >= 0.3 is 5.97 Å². The van der Waals surface area contributed by atoms with Crippen molar-refractivity contribution < 1.29 is 9.90 Å². The number of piperidine rings is 1. The first-order valence-corrected chi connectivity index (χ1v) is 6.92. The molecule has 1 N–H and O–H groups in total. The van der Waals surface area contributed by atoms with Gasteiger partial charge in [-0.3, -0.25) is 9.69 Å². The smallest absolute Gasteiger partial charge is 0.307 e. The number of nitrogens with zero attached hydrogens (tertiary/aromatic N) is 2. The van der Waals surface area contributed by atoms with E-state index in [9.17, 15) is 4.79 Å². The molecule has 1 rings (SSSR count). The standard InChI is InChI=1S/C14H26N2O2/c1-3-7-16(12-13(2)14(17)18)11-10-15-8-5-4-6-9-15/h3,13H,1,4-12H2,2H3,(H,17,18). The monoisotopic (exact) mass is 254 g/mol. The molecule has 1 unspecified atom stereocenters. The molecule has 4 heteroatoms. The molecule has 0 radical (unpaired) electrons. The van der Waals surface area contributed by atoms with Gasteiger partial charge in [-0.15, -0.1) is 6.58 Å². The fourth-order valence-electron chi connectivity index (χ4n) is 2.37. The molecule has 1 aliphatic rings. The Morgan fingerprint density at radius 3 is 2.67 bits per heavy atom. The normalized spacial score (nSPS) is 18.8. The maximum Gasteiger partial charge on any atom is 0.307 e. The van der Waals surface area contributed by atoms with E-state index < -0.39 is 5.97 Å². The van der Waals surface area contributed by atoms with Gasteiger partial charge in [0.2, 0.25) is 0 Å². The first-order valence-electron chi connectivity index (χ1n) is 6.92. The van der Waals surface area contributed by atoms with Gasteiger partial charge in [0, 0.05) is 26.2 Å². The summed E-state index contributed by atoms with van der Waals surface area (Å²) in [7, 11) is 0. The second-order valence-corrected chi connectivity index (χ2v) is 5.19. The predicted molar refractivity (Wildman–Crippen MR) is 73.7 cm³/mol. The van der Waals surface area contributed by atoms with Crippen LogP contribution in [0.15, 0.2) is 12.7 Å². The molecular weight excluding hydrogens is 228 g/mol. The van der Waals surface area contributed by atoms with Gasteiger partial charge in [0.1, 0.15) is 0 Å². The number of aliphatic carboxylic acids is 1. The van der Waals surface area contributed by atoms with Crippen molar-refractivity contribution in [2.24, 2.45) is 5.92 Å². The van der Waals surface area contributed by atoms with Crippen LogP contribution >= 0.6 is 0 Å². The summed E-state index contributed by atoms with van der Waals surface area (Å²) in [6.07, 6.45) is 5.80. The highest BCUT2D eigenvalue weighted by molar-refractivity contribution is 5.69. The van der Waals surface area contributed by atoms with E-state index in [-0.39, 0.29) is 5.92 Å². The Hall–Kier alpha value is -0.870. The molecule has 1 fully saturated rings. The molecule has 0 saturated carbocycles. The van der Waals surface area contributed by atoms with E-state index in [1.165, 1.54) is 32.4 Å². The van der Waals surface area contributed by atoms with Crippen LogP contribution < -0.4 is 0 Å². The van der Waals surface area contributed by atoms with Crippen molar-refractivity contribution in [1.82, 2.24) is 9.80 Å². The Labute approximate surface area is 110 Å². The maximum absolute atomic E-state index is 10.9. The topological polar surface area (TPSA) is 43.8 Å². The van der Waals surface area contributed by atoms with Crippen molar-refractivity contribution in [2.75, 3.05) is 39.3 Å². The zero-order chi connectivity index (χ0) is 13.4. The first-order chi connectivity index (χ1) is 8.63. The number of likely N-dealkylation sites (tertiary alicyclic amines) is 1. The van der Waals surface area contributed by atoms with Crippen LogP contribution in [-0.4, -0.2) is 60.1 Å². The Kier molecular flexibility index (Phi) is 6.98. The van der Waals surface area contributed by atoms with Crippen LogP contribution in [-0.2, 0) is 4.79 Å². The number of carbonyl (C=O) groups is 1. The van der Waals surface area contributed by atoms with Gasteiger partial charge in [0.15, 0.2) is 0 Å². The molecular formula is C14H26N2O2. The largest absolute Gasteiger partial charge is 0.481 e. The fourth-order valence-corrected chi connectivity index (χ4v) is 2.37. The van der Waals surface area contributed by atoms with E-state index in [1.807, 2.05) is 6.08 Å². The molecule has 4 nitrogen and oxygen atoms in total. The number of rotatable bonds is 8. The second-order valence-electron chi connectivity index (χ2n) is 5.19. The SMILES string of the molecule is C=CCN(CCN1CCCCC1)CC(C)C(=O)O. The number of carboxylic acid groups (broad SMARTS) is 1. The average molecular weight is 254 g/mol. The van der Waals surface area contributed by atoms with Gasteiger partial charge in [0.25, 0.3) is 0 Å². The summed E-state index contributed by atoms with van der Waals surface area (Å²) in [6.45, 7) is 11.2. The Bertz CT molecular complexity index is 263. The molecule has 0 aromatic heterocycles. The van der Waals surface area contributed by atoms with E-state index in [1.54, 1.807) is 6.92 Å². The van der Waals surface area contributed by atoms with Gasteiger partial charge in [-0.05, 0) is 25.9 Å². The maximum atomic E-state index is 10.9. The third-order valence-corrected chi connectivity index (χ3v) is 3.52. The van der Waals surface area contributed by atoms with Gasteiger partial charge in [-0.25, -0.2) is 0 Å². The van der Waals surface area contributed by atoms with Gasteiger partial charge in [-0.1, -0.05) is 19.4 Å². The van der Waals surface area contributed by atoms with Gasteiger partial charge in [-0.2, -0.15) is 0 Å². The van der Waals surface area contributed by atoms with E-state index in [2.05, 4.69) is 16.4 Å². The van der Waals surface area contributed by atoms with E-state index in [0.29, 0.717) is 6.54 Å². The second kappa shape index (κ2) is 8.27. The lowest BCUT2D eigenvalue weighted by atomic mass is 10.1. The number of hydrogen-bond acceptors (Lipinski definition) is 3. The highest BCUT2D eigenvalue weighted by Gasteiger charge is 2.16. The molecule has 0 spiro atoms. The summed E-state index contributed by atoms with van der Waals surface area (Å²) in [5, 5.41) is 8.95. The quantitative estimate of drug-likeness (QED) is 0.669. The zero-order valence-corrected chi connectivity index (χ0v) is 11.5. The molecule has 1 saturated heterocycles. The minimum atomic E-state index is -0.720. The van der Waals surface area contributed by atoms with Crippen molar-refractivity contribution in [2.45, 2.75) is 26.2 Å². The van der Waals surface area contributed by atoms with Crippen molar-refractivity contribution in [3.8, 4) is 0 Å². The molecule has 1 atom stereocenters. The molecule has 1 aliphatic heterocycles. The van der Waals surface area contributed by atoms with Crippen LogP contribution in [0.25, 0.3) is 0 Å². The average Bonchev–Trinajstić information content (AvgIpc) is 2.37. The van der Waals surface area contributed by atoms with Crippen molar-refractivity contribution in [3.05, 3.63) is 12.7 Å². The Balaban J connectivity index is 2.31. The van der Waals surface area contributed by atoms with E-state index in [0.717, 1.165) is 19.6 Å². The first kappa shape index (κ1) is 15.2. The van der Waals surface area contributed by atoms with Crippen LogP contribution in [0.4, 0.5) is 0 Å². The van der Waals surface area contributed by atoms with Gasteiger partial charge in [0.05, 0.1) is 5.92 Å². The highest BCUT2D eigenvalue weighted by Crippen LogP contribution is 2.08. The Morgan fingerprint density at radius 1 is 1.44 bits per heavy atom. The highest BCUT2D eigenvalue weighted by atomic mass is 16.4. The predicted octanol–water partition coefficient (Wildman–Crippen LogP) is 1.68. The third-order valence-electron chi connectivity index (χ3n) is 3.52. The molecule has 18 heavy (non-hydrogen) atoms. The number of carboxylic acids is 1. The molecule has 1 heterocycles. The fraction of sp³-hybridized carbons (Fsp3) is 0.786. The summed E-state index contributed by atoms with van der Waals surface area (Å²) in [4.78, 5) is 15.5. The minimum absolute atomic E-state index is 0.314. The Morgan fingerprint density at radius 2 is 2.11 bits per heavy atom. The van der Waals surface area contributed by atoms with E-state index >= 15 is 0 Å². The molecule has 0 aromatic carbocycles. The van der Waals surface area contributed by atoms with Crippen molar-refractivity contribution >= 4 is 5.97 Å². The van der Waals surface area contributed by atoms with E-state index in [4.69, 9.17) is 5.11 Å². The molecule has 0 aromatic rings. The molecule has 0 aliphatic carbocycles. The summed E-state index contributed by atoms with van der Waals surface area (Å²) in [5.41, 5.74) is 0.